The van der Waals surface area contributed by atoms with Crippen LogP contribution in [-0.2, 0) is 13.1 Å². The summed E-state index contributed by atoms with van der Waals surface area (Å²) in [6, 6.07) is 14.6. The average Bonchev–Trinajstić information content (AvgIpc) is 2.56. The number of rotatable bonds is 8. The van der Waals surface area contributed by atoms with Crippen molar-refractivity contribution < 1.29 is 14.7 Å². The number of methoxy groups -OCH3 is 1. The maximum atomic E-state index is 9.99. The highest BCUT2D eigenvalue weighted by Gasteiger charge is 2.14. The molecule has 0 aliphatic rings. The van der Waals surface area contributed by atoms with E-state index in [-0.39, 0.29) is 5.75 Å². The minimum Gasteiger partial charge on any atom is -0.504 e. The van der Waals surface area contributed by atoms with Crippen molar-refractivity contribution in [1.82, 2.24) is 0 Å². The van der Waals surface area contributed by atoms with Gasteiger partial charge in [-0.15, -0.1) is 0 Å². The summed E-state index contributed by atoms with van der Waals surface area (Å²) in [5.41, 5.74) is 2.56. The number of phenolic OH excluding ortho intramolecular Hbond substituents is 1. The summed E-state index contributed by atoms with van der Waals surface area (Å²) in [5, 5.41) is 9.99. The van der Waals surface area contributed by atoms with Crippen molar-refractivity contribution >= 4 is 22.6 Å². The predicted octanol–water partition coefficient (Wildman–Crippen LogP) is 3.39. The summed E-state index contributed by atoms with van der Waals surface area (Å²) < 4.78 is 6.12. The third-order valence-corrected chi connectivity index (χ3v) is 4.77. The maximum Gasteiger partial charge on any atom is 0.171 e. The van der Waals surface area contributed by atoms with Crippen LogP contribution in [0.15, 0.2) is 42.5 Å². The van der Waals surface area contributed by atoms with Crippen molar-refractivity contribution in [2.24, 2.45) is 0 Å². The van der Waals surface area contributed by atoms with Crippen molar-refractivity contribution in [3.63, 3.8) is 0 Å². The molecule has 2 rings (SSSR count). The molecule has 0 spiro atoms. The second-order valence-corrected chi connectivity index (χ2v) is 6.98. The SMILES string of the molecule is CCCC[NH+](Cc1ccccc1)Cc1cc(I)c(O)c(OC)c1. The number of benzene rings is 2. The highest BCUT2D eigenvalue weighted by molar-refractivity contribution is 14.1. The van der Waals surface area contributed by atoms with Crippen molar-refractivity contribution in [3.8, 4) is 11.5 Å². The maximum absolute atomic E-state index is 9.99. The molecule has 1 atom stereocenters. The highest BCUT2D eigenvalue weighted by Crippen LogP contribution is 2.32. The number of hydrogen-bond acceptors (Lipinski definition) is 2. The molecule has 0 saturated carbocycles. The third kappa shape index (κ3) is 5.39. The van der Waals surface area contributed by atoms with Gasteiger partial charge in [-0.05, 0) is 41.1 Å². The van der Waals surface area contributed by atoms with E-state index in [4.69, 9.17) is 4.74 Å². The van der Waals surface area contributed by atoms with Gasteiger partial charge >= 0.3 is 0 Å². The van der Waals surface area contributed by atoms with E-state index in [1.165, 1.54) is 28.9 Å². The molecule has 23 heavy (non-hydrogen) atoms. The average molecular weight is 426 g/mol. The summed E-state index contributed by atoms with van der Waals surface area (Å²) in [7, 11) is 1.60. The number of nitrogens with one attached hydrogen (secondary N) is 1. The van der Waals surface area contributed by atoms with Crippen molar-refractivity contribution in [2.45, 2.75) is 32.9 Å². The van der Waals surface area contributed by atoms with E-state index < -0.39 is 0 Å². The van der Waals surface area contributed by atoms with Gasteiger partial charge in [0, 0.05) is 11.1 Å². The Kier molecular flexibility index (Phi) is 7.17. The fourth-order valence-electron chi connectivity index (χ4n) is 2.72. The van der Waals surface area contributed by atoms with Crippen LogP contribution in [0.25, 0.3) is 0 Å². The monoisotopic (exact) mass is 426 g/mol. The lowest BCUT2D eigenvalue weighted by Crippen LogP contribution is -3.09. The first-order valence-corrected chi connectivity index (χ1v) is 9.14. The van der Waals surface area contributed by atoms with Gasteiger partial charge in [-0.2, -0.15) is 0 Å². The molecule has 3 nitrogen and oxygen atoms in total. The number of halogens is 1. The molecule has 0 amide bonds. The Morgan fingerprint density at radius 3 is 2.43 bits per heavy atom. The lowest BCUT2D eigenvalue weighted by Gasteiger charge is -2.20. The Hall–Kier alpha value is -1.27. The number of phenols is 1. The van der Waals surface area contributed by atoms with E-state index in [0.29, 0.717) is 5.75 Å². The minimum atomic E-state index is 0.231. The fourth-order valence-corrected chi connectivity index (χ4v) is 3.39. The molecule has 0 saturated heterocycles. The minimum absolute atomic E-state index is 0.231. The molecule has 0 radical (unpaired) electrons. The van der Waals surface area contributed by atoms with Gasteiger partial charge in [-0.1, -0.05) is 43.7 Å². The molecule has 2 aromatic carbocycles. The highest BCUT2D eigenvalue weighted by atomic mass is 127. The number of aromatic hydroxyl groups is 1. The van der Waals surface area contributed by atoms with Crippen LogP contribution in [-0.4, -0.2) is 18.8 Å². The van der Waals surface area contributed by atoms with Crippen molar-refractivity contribution in [2.75, 3.05) is 13.7 Å². The summed E-state index contributed by atoms with van der Waals surface area (Å²) in [6.07, 6.45) is 2.42. The van der Waals surface area contributed by atoms with Gasteiger partial charge in [-0.3, -0.25) is 0 Å². The Labute approximate surface area is 152 Å². The smallest absolute Gasteiger partial charge is 0.171 e. The molecule has 0 aromatic heterocycles. The van der Waals surface area contributed by atoms with E-state index in [1.54, 1.807) is 7.11 Å². The molecule has 0 fully saturated rings. The van der Waals surface area contributed by atoms with E-state index >= 15 is 0 Å². The summed E-state index contributed by atoms with van der Waals surface area (Å²) in [4.78, 5) is 1.53. The summed E-state index contributed by atoms with van der Waals surface area (Å²) in [6.45, 7) is 5.32. The van der Waals surface area contributed by atoms with Gasteiger partial charge < -0.3 is 14.7 Å². The standard InChI is InChI=1S/C19H24INO2/c1-3-4-10-21(13-15-8-6-5-7-9-15)14-16-11-17(20)19(22)18(12-16)23-2/h5-9,11-12,22H,3-4,10,13-14H2,1-2H3/p+1. The van der Waals surface area contributed by atoms with Gasteiger partial charge in [0.25, 0.3) is 0 Å². The topological polar surface area (TPSA) is 33.9 Å². The molecule has 0 heterocycles. The molecule has 1 unspecified atom stereocenters. The molecule has 124 valence electrons. The van der Waals surface area contributed by atoms with Crippen LogP contribution in [0, 0.1) is 3.57 Å². The van der Waals surface area contributed by atoms with Crippen LogP contribution in [0.1, 0.15) is 30.9 Å². The zero-order valence-corrected chi connectivity index (χ0v) is 16.0. The molecular formula is C19H25INO2+. The lowest BCUT2D eigenvalue weighted by molar-refractivity contribution is -0.927. The number of unbranched alkanes of at least 4 members (excludes halogenated alkanes) is 1. The molecule has 4 heteroatoms. The second-order valence-electron chi connectivity index (χ2n) is 5.82. The van der Waals surface area contributed by atoms with Crippen molar-refractivity contribution in [1.29, 1.82) is 0 Å². The summed E-state index contributed by atoms with van der Waals surface area (Å²) in [5.74, 6) is 0.788. The predicted molar refractivity (Wildman–Crippen MR) is 102 cm³/mol. The number of quaternary nitrogens is 1. The zero-order chi connectivity index (χ0) is 16.7. The fraction of sp³-hybridized carbons (Fsp3) is 0.368. The van der Waals surface area contributed by atoms with Crippen LogP contribution in [0.5, 0.6) is 11.5 Å². The molecule has 0 aliphatic carbocycles. The van der Waals surface area contributed by atoms with Crippen LogP contribution < -0.4 is 9.64 Å². The normalized spacial score (nSPS) is 12.1. The second kappa shape index (κ2) is 9.13. The van der Waals surface area contributed by atoms with E-state index in [2.05, 4.69) is 65.9 Å². The molecule has 2 aromatic rings. The van der Waals surface area contributed by atoms with E-state index in [9.17, 15) is 5.11 Å². The molecule has 2 N–H and O–H groups in total. The zero-order valence-electron chi connectivity index (χ0n) is 13.8. The number of ether oxygens (including phenoxy) is 1. The number of hydrogen-bond donors (Lipinski definition) is 2. The van der Waals surface area contributed by atoms with Crippen LogP contribution >= 0.6 is 22.6 Å². The van der Waals surface area contributed by atoms with Gasteiger partial charge in [-0.25, -0.2) is 0 Å². The largest absolute Gasteiger partial charge is 0.504 e. The first-order valence-electron chi connectivity index (χ1n) is 8.07. The third-order valence-electron chi connectivity index (χ3n) is 3.94. The van der Waals surface area contributed by atoms with Crippen LogP contribution in [0.3, 0.4) is 0 Å². The van der Waals surface area contributed by atoms with Gasteiger partial charge in [0.05, 0.1) is 17.2 Å². The Morgan fingerprint density at radius 1 is 1.09 bits per heavy atom. The van der Waals surface area contributed by atoms with Crippen LogP contribution in [0.2, 0.25) is 0 Å². The molecule has 0 bridgehead atoms. The van der Waals surface area contributed by atoms with Gasteiger partial charge in [0.15, 0.2) is 11.5 Å². The van der Waals surface area contributed by atoms with E-state index in [0.717, 1.165) is 23.2 Å². The van der Waals surface area contributed by atoms with Crippen LogP contribution in [0.4, 0.5) is 0 Å². The van der Waals surface area contributed by atoms with Crippen molar-refractivity contribution in [3.05, 3.63) is 57.2 Å². The first kappa shape index (κ1) is 18.1. The molecule has 0 aliphatic heterocycles. The first-order chi connectivity index (χ1) is 11.1. The lowest BCUT2D eigenvalue weighted by atomic mass is 10.1. The van der Waals surface area contributed by atoms with Gasteiger partial charge in [0.2, 0.25) is 0 Å². The van der Waals surface area contributed by atoms with E-state index in [1.807, 2.05) is 6.07 Å². The Bertz CT molecular complexity index is 616. The Balaban J connectivity index is 2.15. The Morgan fingerprint density at radius 2 is 1.78 bits per heavy atom. The summed E-state index contributed by atoms with van der Waals surface area (Å²) >= 11 is 2.16. The quantitative estimate of drug-likeness (QED) is 0.635. The molecular weight excluding hydrogens is 401 g/mol. The van der Waals surface area contributed by atoms with Gasteiger partial charge in [0.1, 0.15) is 13.1 Å².